The number of nitrogens with zero attached hydrogens (tertiary/aromatic N) is 1. The van der Waals surface area contributed by atoms with E-state index >= 15 is 0 Å². The average Bonchev–Trinajstić information content (AvgIpc) is 2.88. The van der Waals surface area contributed by atoms with Crippen LogP contribution in [0.1, 0.15) is 41.9 Å². The number of thiazole rings is 1. The summed E-state index contributed by atoms with van der Waals surface area (Å²) in [4.78, 5) is 17.4. The molecule has 0 fully saturated rings. The second kappa shape index (κ2) is 6.52. The number of aromatic nitrogens is 1. The fourth-order valence-corrected chi connectivity index (χ4v) is 2.46. The summed E-state index contributed by atoms with van der Waals surface area (Å²) in [6.07, 6.45) is 1.81. The number of hydrogen-bond donors (Lipinski definition) is 1. The Balaban J connectivity index is 2.03. The number of ether oxygens (including phenoxy) is 1. The van der Waals surface area contributed by atoms with E-state index in [1.54, 1.807) is 24.3 Å². The van der Waals surface area contributed by atoms with Gasteiger partial charge < -0.3 is 4.74 Å². The van der Waals surface area contributed by atoms with Crippen molar-refractivity contribution in [1.82, 2.24) is 4.98 Å². The Bertz CT molecular complexity index is 576. The Morgan fingerprint density at radius 3 is 2.60 bits per heavy atom. The Kier molecular flexibility index (Phi) is 4.74. The third-order valence-electron chi connectivity index (χ3n) is 2.74. The van der Waals surface area contributed by atoms with Crippen LogP contribution in [0.4, 0.5) is 5.13 Å². The summed E-state index contributed by atoms with van der Waals surface area (Å²) in [5.74, 6) is 1.03. The minimum absolute atomic E-state index is 0.155. The first kappa shape index (κ1) is 14.5. The summed E-state index contributed by atoms with van der Waals surface area (Å²) in [7, 11) is 0. The number of carbonyl (C=O) groups excluding carboxylic acids is 1. The largest absolute Gasteiger partial charge is 0.494 e. The van der Waals surface area contributed by atoms with Crippen molar-refractivity contribution in [2.24, 2.45) is 0 Å². The Morgan fingerprint density at radius 1 is 1.35 bits per heavy atom. The molecule has 2 rings (SSSR count). The number of nitrogens with one attached hydrogen (secondary N) is 1. The number of carbonyl (C=O) groups is 1. The van der Waals surface area contributed by atoms with Crippen LogP contribution in [0, 0.1) is 0 Å². The Hall–Kier alpha value is -1.88. The van der Waals surface area contributed by atoms with Gasteiger partial charge in [-0.25, -0.2) is 4.98 Å². The molecule has 0 saturated heterocycles. The predicted octanol–water partition coefficient (Wildman–Crippen LogP) is 3.92. The number of rotatable bonds is 5. The molecule has 1 heterocycles. The molecule has 20 heavy (non-hydrogen) atoms. The highest BCUT2D eigenvalue weighted by atomic mass is 32.1. The van der Waals surface area contributed by atoms with Crippen LogP contribution < -0.4 is 10.1 Å². The summed E-state index contributed by atoms with van der Waals surface area (Å²) in [5.41, 5.74) is 0.592. The summed E-state index contributed by atoms with van der Waals surface area (Å²) in [6.45, 7) is 6.75. The molecule has 4 nitrogen and oxygen atoms in total. The van der Waals surface area contributed by atoms with Crippen molar-refractivity contribution in [2.75, 3.05) is 11.9 Å². The monoisotopic (exact) mass is 290 g/mol. The van der Waals surface area contributed by atoms with Gasteiger partial charge in [0, 0.05) is 16.6 Å². The first-order valence-electron chi connectivity index (χ1n) is 6.60. The molecule has 0 spiro atoms. The van der Waals surface area contributed by atoms with Crippen LogP contribution >= 0.6 is 11.3 Å². The van der Waals surface area contributed by atoms with Crippen LogP contribution in [-0.4, -0.2) is 17.5 Å². The van der Waals surface area contributed by atoms with Crippen LogP contribution in [0.3, 0.4) is 0 Å². The van der Waals surface area contributed by atoms with Gasteiger partial charge in [-0.1, -0.05) is 13.8 Å². The average molecular weight is 290 g/mol. The highest BCUT2D eigenvalue weighted by Gasteiger charge is 2.10. The van der Waals surface area contributed by atoms with Crippen molar-refractivity contribution in [3.05, 3.63) is 40.9 Å². The van der Waals surface area contributed by atoms with Gasteiger partial charge in [0.25, 0.3) is 5.91 Å². The SMILES string of the molecule is CCOc1ccc(C(=O)Nc2ncc(C(C)C)s2)cc1. The van der Waals surface area contributed by atoms with Gasteiger partial charge in [0.1, 0.15) is 5.75 Å². The Morgan fingerprint density at radius 2 is 2.05 bits per heavy atom. The molecular formula is C15H18N2O2S. The van der Waals surface area contributed by atoms with Crippen LogP contribution in [0.2, 0.25) is 0 Å². The minimum Gasteiger partial charge on any atom is -0.494 e. The summed E-state index contributed by atoms with van der Waals surface area (Å²) >= 11 is 1.51. The lowest BCUT2D eigenvalue weighted by molar-refractivity contribution is 0.102. The van der Waals surface area contributed by atoms with Crippen LogP contribution in [0.5, 0.6) is 5.75 Å². The maximum atomic E-state index is 12.1. The molecule has 106 valence electrons. The maximum Gasteiger partial charge on any atom is 0.257 e. The number of hydrogen-bond acceptors (Lipinski definition) is 4. The third-order valence-corrected chi connectivity index (χ3v) is 3.95. The molecule has 0 aliphatic heterocycles. The summed E-state index contributed by atoms with van der Waals surface area (Å²) in [6, 6.07) is 7.08. The van der Waals surface area contributed by atoms with Gasteiger partial charge >= 0.3 is 0 Å². The van der Waals surface area contributed by atoms with Crippen LogP contribution in [0.25, 0.3) is 0 Å². The van der Waals surface area contributed by atoms with E-state index in [1.165, 1.54) is 11.3 Å². The quantitative estimate of drug-likeness (QED) is 0.908. The van der Waals surface area contributed by atoms with E-state index in [2.05, 4.69) is 24.1 Å². The zero-order chi connectivity index (χ0) is 14.5. The normalized spacial score (nSPS) is 10.6. The van der Waals surface area contributed by atoms with Crippen molar-refractivity contribution >= 4 is 22.4 Å². The van der Waals surface area contributed by atoms with E-state index in [4.69, 9.17) is 4.74 Å². The lowest BCUT2D eigenvalue weighted by Crippen LogP contribution is -2.11. The standard InChI is InChI=1S/C15H18N2O2S/c1-4-19-12-7-5-11(6-8-12)14(18)17-15-16-9-13(20-15)10(2)3/h5-10H,4H2,1-3H3,(H,16,17,18). The van der Waals surface area contributed by atoms with E-state index in [-0.39, 0.29) is 5.91 Å². The van der Waals surface area contributed by atoms with Crippen molar-refractivity contribution in [2.45, 2.75) is 26.7 Å². The number of amides is 1. The smallest absolute Gasteiger partial charge is 0.257 e. The lowest BCUT2D eigenvalue weighted by Gasteiger charge is -2.04. The van der Waals surface area contributed by atoms with E-state index < -0.39 is 0 Å². The first-order valence-corrected chi connectivity index (χ1v) is 7.41. The van der Waals surface area contributed by atoms with Crippen molar-refractivity contribution in [1.29, 1.82) is 0 Å². The molecule has 0 aliphatic carbocycles. The van der Waals surface area contributed by atoms with E-state index in [9.17, 15) is 4.79 Å². The molecule has 0 radical (unpaired) electrons. The fourth-order valence-electron chi connectivity index (χ4n) is 1.65. The molecule has 0 bridgehead atoms. The van der Waals surface area contributed by atoms with Gasteiger partial charge in [0.05, 0.1) is 6.61 Å². The van der Waals surface area contributed by atoms with Crippen LogP contribution in [-0.2, 0) is 0 Å². The number of benzene rings is 1. The van der Waals surface area contributed by atoms with Crippen molar-refractivity contribution in [3.8, 4) is 5.75 Å². The maximum absolute atomic E-state index is 12.1. The fraction of sp³-hybridized carbons (Fsp3) is 0.333. The molecule has 0 unspecified atom stereocenters. The van der Waals surface area contributed by atoms with Gasteiger partial charge in [0.2, 0.25) is 0 Å². The molecule has 1 aromatic heterocycles. The highest BCUT2D eigenvalue weighted by molar-refractivity contribution is 7.15. The zero-order valence-corrected chi connectivity index (χ0v) is 12.7. The second-order valence-corrected chi connectivity index (χ2v) is 5.70. The van der Waals surface area contributed by atoms with E-state index in [0.29, 0.717) is 23.2 Å². The van der Waals surface area contributed by atoms with E-state index in [1.807, 2.05) is 13.1 Å². The third kappa shape index (κ3) is 3.57. The van der Waals surface area contributed by atoms with Gasteiger partial charge in [0.15, 0.2) is 5.13 Å². The van der Waals surface area contributed by atoms with Gasteiger partial charge in [-0.3, -0.25) is 10.1 Å². The highest BCUT2D eigenvalue weighted by Crippen LogP contribution is 2.25. The summed E-state index contributed by atoms with van der Waals surface area (Å²) < 4.78 is 5.35. The first-order chi connectivity index (χ1) is 9.60. The van der Waals surface area contributed by atoms with E-state index in [0.717, 1.165) is 10.6 Å². The van der Waals surface area contributed by atoms with Gasteiger partial charge in [-0.15, -0.1) is 11.3 Å². The van der Waals surface area contributed by atoms with Crippen LogP contribution in [0.15, 0.2) is 30.5 Å². The molecule has 0 saturated carbocycles. The second-order valence-electron chi connectivity index (χ2n) is 4.63. The molecule has 0 atom stereocenters. The Labute approximate surface area is 122 Å². The molecule has 2 aromatic rings. The van der Waals surface area contributed by atoms with Gasteiger partial charge in [-0.2, -0.15) is 0 Å². The minimum atomic E-state index is -0.155. The molecular weight excluding hydrogens is 272 g/mol. The number of anilines is 1. The topological polar surface area (TPSA) is 51.2 Å². The van der Waals surface area contributed by atoms with Crippen molar-refractivity contribution < 1.29 is 9.53 Å². The predicted molar refractivity (Wildman–Crippen MR) is 81.8 cm³/mol. The molecule has 1 amide bonds. The lowest BCUT2D eigenvalue weighted by atomic mass is 10.2. The summed E-state index contributed by atoms with van der Waals surface area (Å²) in [5, 5.41) is 3.44. The molecule has 1 N–H and O–H groups in total. The van der Waals surface area contributed by atoms with Gasteiger partial charge in [-0.05, 0) is 37.1 Å². The molecule has 1 aromatic carbocycles. The van der Waals surface area contributed by atoms with Crippen molar-refractivity contribution in [3.63, 3.8) is 0 Å². The molecule has 5 heteroatoms. The molecule has 0 aliphatic rings. The zero-order valence-electron chi connectivity index (χ0n) is 11.8.